The van der Waals surface area contributed by atoms with E-state index >= 15 is 0 Å². The molecule has 0 saturated heterocycles. The van der Waals surface area contributed by atoms with Gasteiger partial charge in [0, 0.05) is 0 Å². The highest BCUT2D eigenvalue weighted by molar-refractivity contribution is 6.24. The molecule has 1 aliphatic heterocycles. The zero-order valence-corrected chi connectivity index (χ0v) is 10.2. The van der Waals surface area contributed by atoms with Crippen LogP contribution in [0.1, 0.15) is 31.1 Å². The smallest absolute Gasteiger partial charge is 0.336 e. The molecule has 98 valence electrons. The quantitative estimate of drug-likeness (QED) is 0.814. The van der Waals surface area contributed by atoms with Gasteiger partial charge in [-0.2, -0.15) is 0 Å². The van der Waals surface area contributed by atoms with E-state index in [1.807, 2.05) is 0 Å². The van der Waals surface area contributed by atoms with Gasteiger partial charge in [-0.15, -0.1) is 0 Å². The normalized spacial score (nSPS) is 13.0. The lowest BCUT2D eigenvalue weighted by atomic mass is 9.93. The molecular formula is C15H9NO4. The third kappa shape index (κ3) is 1.68. The van der Waals surface area contributed by atoms with E-state index in [0.717, 1.165) is 0 Å². The Bertz CT molecular complexity index is 764. The summed E-state index contributed by atoms with van der Waals surface area (Å²) in [6, 6.07) is 11.2. The average molecular weight is 267 g/mol. The maximum atomic E-state index is 11.9. The molecule has 0 aliphatic carbocycles. The van der Waals surface area contributed by atoms with Gasteiger partial charge < -0.3 is 5.11 Å². The number of hydrogen-bond acceptors (Lipinski definition) is 3. The summed E-state index contributed by atoms with van der Waals surface area (Å²) in [5, 5.41) is 11.4. The molecule has 3 rings (SSSR count). The van der Waals surface area contributed by atoms with Gasteiger partial charge in [-0.3, -0.25) is 14.9 Å². The Morgan fingerprint density at radius 1 is 0.850 bits per heavy atom. The number of fused-ring (bicyclic) bond motifs is 1. The molecule has 0 bridgehead atoms. The zero-order valence-electron chi connectivity index (χ0n) is 10.2. The van der Waals surface area contributed by atoms with Crippen LogP contribution in [-0.2, 0) is 0 Å². The second-order valence-electron chi connectivity index (χ2n) is 4.36. The van der Waals surface area contributed by atoms with Crippen LogP contribution in [0, 0.1) is 0 Å². The van der Waals surface area contributed by atoms with Gasteiger partial charge in [-0.25, -0.2) is 4.79 Å². The van der Waals surface area contributed by atoms with Crippen LogP contribution in [0.4, 0.5) is 0 Å². The number of carbonyl (C=O) groups excluding carboxylic acids is 2. The summed E-state index contributed by atoms with van der Waals surface area (Å²) in [7, 11) is 0. The van der Waals surface area contributed by atoms with E-state index in [0.29, 0.717) is 11.1 Å². The molecule has 0 fully saturated rings. The van der Waals surface area contributed by atoms with Crippen LogP contribution < -0.4 is 5.32 Å². The molecule has 0 aromatic heterocycles. The number of carbonyl (C=O) groups is 3. The molecule has 5 heteroatoms. The molecule has 2 aromatic rings. The van der Waals surface area contributed by atoms with Gasteiger partial charge in [0.1, 0.15) is 0 Å². The van der Waals surface area contributed by atoms with Crippen molar-refractivity contribution >= 4 is 17.8 Å². The SMILES string of the molecule is O=C(O)c1ccccc1-c1cccc2c1C(=O)NC2=O. The van der Waals surface area contributed by atoms with Crippen molar-refractivity contribution in [3.63, 3.8) is 0 Å². The number of nitrogens with one attached hydrogen (secondary N) is 1. The molecule has 2 aromatic carbocycles. The third-order valence-electron chi connectivity index (χ3n) is 3.21. The number of aromatic carboxylic acids is 1. The minimum atomic E-state index is -1.08. The lowest BCUT2D eigenvalue weighted by Gasteiger charge is -2.09. The van der Waals surface area contributed by atoms with Crippen molar-refractivity contribution in [3.8, 4) is 11.1 Å². The van der Waals surface area contributed by atoms with E-state index in [-0.39, 0.29) is 16.7 Å². The molecule has 0 atom stereocenters. The van der Waals surface area contributed by atoms with Crippen LogP contribution in [0.5, 0.6) is 0 Å². The number of hydrogen-bond donors (Lipinski definition) is 2. The van der Waals surface area contributed by atoms with Gasteiger partial charge in [-0.05, 0) is 23.3 Å². The number of imide groups is 1. The fourth-order valence-corrected chi connectivity index (χ4v) is 2.35. The van der Waals surface area contributed by atoms with E-state index in [4.69, 9.17) is 0 Å². The van der Waals surface area contributed by atoms with Crippen molar-refractivity contribution in [2.24, 2.45) is 0 Å². The summed E-state index contributed by atoms with van der Waals surface area (Å²) < 4.78 is 0. The minimum absolute atomic E-state index is 0.0908. The Morgan fingerprint density at radius 2 is 1.50 bits per heavy atom. The second kappa shape index (κ2) is 4.31. The topological polar surface area (TPSA) is 83.5 Å². The van der Waals surface area contributed by atoms with Gasteiger partial charge >= 0.3 is 5.97 Å². The van der Waals surface area contributed by atoms with Crippen LogP contribution in [-0.4, -0.2) is 22.9 Å². The lowest BCUT2D eigenvalue weighted by Crippen LogP contribution is -2.20. The molecular weight excluding hydrogens is 258 g/mol. The van der Waals surface area contributed by atoms with Crippen molar-refractivity contribution in [2.75, 3.05) is 0 Å². The molecule has 20 heavy (non-hydrogen) atoms. The predicted octanol–water partition coefficient (Wildman–Crippen LogP) is 1.94. The maximum absolute atomic E-state index is 11.9. The summed E-state index contributed by atoms with van der Waals surface area (Å²) in [5.74, 6) is -2.04. The molecule has 0 spiro atoms. The Kier molecular flexibility index (Phi) is 2.61. The van der Waals surface area contributed by atoms with Crippen molar-refractivity contribution < 1.29 is 19.5 Å². The van der Waals surface area contributed by atoms with E-state index in [1.165, 1.54) is 6.07 Å². The second-order valence-corrected chi connectivity index (χ2v) is 4.36. The standard InChI is InChI=1S/C15H9NO4/c17-13-11-7-3-6-9(12(11)14(18)16-13)8-4-1-2-5-10(8)15(19)20/h1-7H,(H,19,20)(H,16,17,18). The van der Waals surface area contributed by atoms with Gasteiger partial charge in [0.15, 0.2) is 0 Å². The van der Waals surface area contributed by atoms with Gasteiger partial charge in [0.2, 0.25) is 0 Å². The third-order valence-corrected chi connectivity index (χ3v) is 3.21. The van der Waals surface area contributed by atoms with E-state index in [1.54, 1.807) is 36.4 Å². The first-order chi connectivity index (χ1) is 9.59. The van der Waals surface area contributed by atoms with E-state index in [9.17, 15) is 19.5 Å². The fraction of sp³-hybridized carbons (Fsp3) is 0. The summed E-state index contributed by atoms with van der Waals surface area (Å²) in [6.45, 7) is 0. The molecule has 0 saturated carbocycles. The maximum Gasteiger partial charge on any atom is 0.336 e. The summed E-state index contributed by atoms with van der Waals surface area (Å²) >= 11 is 0. The lowest BCUT2D eigenvalue weighted by molar-refractivity contribution is 0.0696. The first kappa shape index (κ1) is 12.1. The summed E-state index contributed by atoms with van der Waals surface area (Å²) in [6.07, 6.45) is 0. The van der Waals surface area contributed by atoms with Crippen molar-refractivity contribution in [3.05, 3.63) is 59.2 Å². The molecule has 1 aliphatic rings. The Labute approximate surface area is 113 Å². The van der Waals surface area contributed by atoms with E-state index < -0.39 is 17.8 Å². The van der Waals surface area contributed by atoms with Crippen molar-refractivity contribution in [1.82, 2.24) is 5.32 Å². The van der Waals surface area contributed by atoms with Crippen LogP contribution in [0.15, 0.2) is 42.5 Å². The molecule has 2 amide bonds. The number of rotatable bonds is 2. The van der Waals surface area contributed by atoms with Gasteiger partial charge in [0.25, 0.3) is 11.8 Å². The first-order valence-electron chi connectivity index (χ1n) is 5.91. The molecule has 0 radical (unpaired) electrons. The number of carboxylic acids is 1. The Balaban J connectivity index is 2.31. The first-order valence-corrected chi connectivity index (χ1v) is 5.91. The van der Waals surface area contributed by atoms with Crippen LogP contribution >= 0.6 is 0 Å². The molecule has 5 nitrogen and oxygen atoms in total. The molecule has 2 N–H and O–H groups in total. The van der Waals surface area contributed by atoms with Gasteiger partial charge in [0.05, 0.1) is 16.7 Å². The van der Waals surface area contributed by atoms with Crippen molar-refractivity contribution in [2.45, 2.75) is 0 Å². The monoisotopic (exact) mass is 267 g/mol. The van der Waals surface area contributed by atoms with Crippen LogP contribution in [0.25, 0.3) is 11.1 Å². The number of benzene rings is 2. The summed E-state index contributed by atoms with van der Waals surface area (Å²) in [4.78, 5) is 34.8. The zero-order chi connectivity index (χ0) is 14.3. The van der Waals surface area contributed by atoms with Crippen LogP contribution in [0.2, 0.25) is 0 Å². The highest BCUT2D eigenvalue weighted by atomic mass is 16.4. The highest BCUT2D eigenvalue weighted by Crippen LogP contribution is 2.31. The summed E-state index contributed by atoms with van der Waals surface area (Å²) in [5.41, 5.74) is 1.46. The predicted molar refractivity (Wildman–Crippen MR) is 70.6 cm³/mol. The largest absolute Gasteiger partial charge is 0.478 e. The average Bonchev–Trinajstić information content (AvgIpc) is 2.74. The molecule has 1 heterocycles. The number of carboxylic acid groups (broad SMARTS) is 1. The van der Waals surface area contributed by atoms with Crippen molar-refractivity contribution in [1.29, 1.82) is 0 Å². The Hall–Kier alpha value is -2.95. The fourth-order valence-electron chi connectivity index (χ4n) is 2.35. The highest BCUT2D eigenvalue weighted by Gasteiger charge is 2.30. The van der Waals surface area contributed by atoms with Gasteiger partial charge in [-0.1, -0.05) is 30.3 Å². The minimum Gasteiger partial charge on any atom is -0.478 e. The van der Waals surface area contributed by atoms with Crippen LogP contribution in [0.3, 0.4) is 0 Å². The Morgan fingerprint density at radius 3 is 2.25 bits per heavy atom. The van der Waals surface area contributed by atoms with E-state index in [2.05, 4.69) is 5.32 Å². The number of amides is 2. The molecule has 0 unspecified atom stereocenters.